The van der Waals surface area contributed by atoms with Crippen LogP contribution < -0.4 is 0 Å². The Morgan fingerprint density at radius 3 is 2.62 bits per heavy atom. The summed E-state index contributed by atoms with van der Waals surface area (Å²) in [4.78, 5) is 2.62. The fourth-order valence-electron chi connectivity index (χ4n) is 2.47. The highest BCUT2D eigenvalue weighted by Gasteiger charge is 2.25. The summed E-state index contributed by atoms with van der Waals surface area (Å²) in [5.74, 6) is 0.912. The summed E-state index contributed by atoms with van der Waals surface area (Å²) < 4.78 is 0. The minimum absolute atomic E-state index is 0.812. The smallest absolute Gasteiger partial charge is 0.0168 e. The lowest BCUT2D eigenvalue weighted by Crippen LogP contribution is -2.27. The van der Waals surface area contributed by atoms with Gasteiger partial charge in [-0.25, -0.2) is 0 Å². The van der Waals surface area contributed by atoms with Crippen molar-refractivity contribution in [1.82, 2.24) is 4.90 Å². The summed E-state index contributed by atoms with van der Waals surface area (Å²) in [5.41, 5.74) is 1.70. The van der Waals surface area contributed by atoms with Crippen molar-refractivity contribution in [2.24, 2.45) is 5.92 Å². The van der Waals surface area contributed by atoms with E-state index in [1.165, 1.54) is 38.8 Å². The van der Waals surface area contributed by atoms with E-state index in [-0.39, 0.29) is 0 Å². The van der Waals surface area contributed by atoms with Crippen LogP contribution in [0, 0.1) is 5.92 Å². The Morgan fingerprint density at radius 2 is 2.15 bits per heavy atom. The molecule has 0 spiro atoms. The molecule has 0 radical (unpaired) electrons. The van der Waals surface area contributed by atoms with Gasteiger partial charge in [0.2, 0.25) is 0 Å². The minimum atomic E-state index is 0.812. The molecule has 2 rings (SSSR count). The molecule has 0 aromatic rings. The quantitative estimate of drug-likeness (QED) is 0.589. The number of allylic oxidation sites excluding steroid dienone is 1. The van der Waals surface area contributed by atoms with Gasteiger partial charge in [-0.15, -0.1) is 0 Å². The van der Waals surface area contributed by atoms with Crippen molar-refractivity contribution in [3.05, 3.63) is 11.6 Å². The molecule has 1 saturated heterocycles. The van der Waals surface area contributed by atoms with Gasteiger partial charge in [-0.1, -0.05) is 18.6 Å². The van der Waals surface area contributed by atoms with Crippen molar-refractivity contribution >= 4 is 0 Å². The molecular weight excluding hydrogens is 158 g/mol. The zero-order chi connectivity index (χ0) is 9.26. The summed E-state index contributed by atoms with van der Waals surface area (Å²) >= 11 is 0. The Kier molecular flexibility index (Phi) is 2.73. The fraction of sp³-hybridized carbons (Fsp3) is 0.833. The first-order chi connectivity index (χ1) is 6.25. The Morgan fingerprint density at radius 1 is 1.38 bits per heavy atom. The molecule has 0 bridgehead atoms. The van der Waals surface area contributed by atoms with Gasteiger partial charge in [0.1, 0.15) is 0 Å². The first kappa shape index (κ1) is 9.26. The van der Waals surface area contributed by atoms with Gasteiger partial charge in [0.15, 0.2) is 0 Å². The van der Waals surface area contributed by atoms with Crippen molar-refractivity contribution in [1.29, 1.82) is 0 Å². The normalized spacial score (nSPS) is 34.8. The van der Waals surface area contributed by atoms with Gasteiger partial charge in [-0.05, 0) is 38.5 Å². The van der Waals surface area contributed by atoms with Crippen LogP contribution in [0.1, 0.15) is 39.5 Å². The summed E-state index contributed by atoms with van der Waals surface area (Å²) in [7, 11) is 0. The van der Waals surface area contributed by atoms with Crippen LogP contribution in [0.5, 0.6) is 0 Å². The second kappa shape index (κ2) is 3.83. The lowest BCUT2D eigenvalue weighted by Gasteiger charge is -2.22. The average molecular weight is 179 g/mol. The third kappa shape index (κ3) is 2.14. The van der Waals surface area contributed by atoms with E-state index >= 15 is 0 Å². The van der Waals surface area contributed by atoms with Crippen LogP contribution in [0.3, 0.4) is 0 Å². The van der Waals surface area contributed by atoms with Crippen LogP contribution in [0.4, 0.5) is 0 Å². The van der Waals surface area contributed by atoms with Crippen molar-refractivity contribution in [3.8, 4) is 0 Å². The van der Waals surface area contributed by atoms with Crippen molar-refractivity contribution in [3.63, 3.8) is 0 Å². The number of nitrogens with zero attached hydrogens (tertiary/aromatic N) is 1. The predicted octanol–water partition coefficient (Wildman–Crippen LogP) is 2.83. The highest BCUT2D eigenvalue weighted by molar-refractivity contribution is 5.10. The van der Waals surface area contributed by atoms with Crippen LogP contribution in [0.15, 0.2) is 11.6 Å². The van der Waals surface area contributed by atoms with Gasteiger partial charge in [-0.2, -0.15) is 0 Å². The molecule has 2 aliphatic rings. The molecule has 1 heterocycles. The zero-order valence-electron chi connectivity index (χ0n) is 8.92. The second-order valence-corrected chi connectivity index (χ2v) is 4.86. The Labute approximate surface area is 81.8 Å². The van der Waals surface area contributed by atoms with Gasteiger partial charge >= 0.3 is 0 Å². The molecule has 74 valence electrons. The molecule has 0 aromatic heterocycles. The highest BCUT2D eigenvalue weighted by Crippen LogP contribution is 2.26. The van der Waals surface area contributed by atoms with Crippen molar-refractivity contribution in [2.75, 3.05) is 13.1 Å². The van der Waals surface area contributed by atoms with Gasteiger partial charge in [0.25, 0.3) is 0 Å². The lowest BCUT2D eigenvalue weighted by atomic mass is 9.92. The first-order valence-corrected chi connectivity index (χ1v) is 5.67. The van der Waals surface area contributed by atoms with Crippen LogP contribution >= 0.6 is 0 Å². The van der Waals surface area contributed by atoms with Crippen LogP contribution in [-0.2, 0) is 0 Å². The Hall–Kier alpha value is -0.300. The van der Waals surface area contributed by atoms with E-state index in [1.54, 1.807) is 5.57 Å². The molecule has 2 atom stereocenters. The van der Waals surface area contributed by atoms with Gasteiger partial charge < -0.3 is 0 Å². The van der Waals surface area contributed by atoms with E-state index in [0.717, 1.165) is 12.0 Å². The number of hydrogen-bond donors (Lipinski definition) is 0. The zero-order valence-corrected chi connectivity index (χ0v) is 8.92. The maximum atomic E-state index is 2.62. The van der Waals surface area contributed by atoms with Crippen molar-refractivity contribution < 1.29 is 0 Å². The van der Waals surface area contributed by atoms with E-state index < -0.39 is 0 Å². The third-order valence-electron chi connectivity index (χ3n) is 3.52. The van der Waals surface area contributed by atoms with Gasteiger partial charge in [-0.3, -0.25) is 4.90 Å². The van der Waals surface area contributed by atoms with Crippen LogP contribution in [0.2, 0.25) is 0 Å². The van der Waals surface area contributed by atoms with E-state index in [2.05, 4.69) is 24.8 Å². The van der Waals surface area contributed by atoms with E-state index in [1.807, 2.05) is 0 Å². The number of rotatable bonds is 2. The molecule has 1 nitrogen and oxygen atoms in total. The fourth-order valence-corrected chi connectivity index (χ4v) is 2.47. The number of likely N-dealkylation sites (tertiary alicyclic amines) is 1. The first-order valence-electron chi connectivity index (χ1n) is 5.67. The summed E-state index contributed by atoms with van der Waals surface area (Å²) in [6.07, 6.45) is 8.04. The molecular formula is C12H21N. The topological polar surface area (TPSA) is 3.24 Å². The standard InChI is InChI=1S/C12H21N/c1-10-8-11(2)13(9-10)7-6-12-4-3-5-12/h6,10-11H,3-5,7-9H2,1-2H3. The van der Waals surface area contributed by atoms with Crippen LogP contribution in [0.25, 0.3) is 0 Å². The third-order valence-corrected chi connectivity index (χ3v) is 3.52. The summed E-state index contributed by atoms with van der Waals surface area (Å²) in [6.45, 7) is 7.25. The summed E-state index contributed by atoms with van der Waals surface area (Å²) in [5, 5.41) is 0. The lowest BCUT2D eigenvalue weighted by molar-refractivity contribution is 0.293. The number of hydrogen-bond acceptors (Lipinski definition) is 1. The van der Waals surface area contributed by atoms with E-state index in [0.29, 0.717) is 0 Å². The van der Waals surface area contributed by atoms with Gasteiger partial charge in [0, 0.05) is 19.1 Å². The van der Waals surface area contributed by atoms with Crippen molar-refractivity contribution in [2.45, 2.75) is 45.6 Å². The van der Waals surface area contributed by atoms with E-state index in [9.17, 15) is 0 Å². The minimum Gasteiger partial charge on any atom is -0.297 e. The average Bonchev–Trinajstić information content (AvgIpc) is 2.27. The maximum absolute atomic E-state index is 2.62. The second-order valence-electron chi connectivity index (χ2n) is 4.86. The molecule has 1 saturated carbocycles. The SMILES string of the molecule is CC1CC(C)N(CC=C2CCC2)C1. The maximum Gasteiger partial charge on any atom is 0.0168 e. The summed E-state index contributed by atoms with van der Waals surface area (Å²) in [6, 6.07) is 0.812. The predicted molar refractivity (Wildman–Crippen MR) is 56.8 cm³/mol. The molecule has 0 amide bonds. The molecule has 2 unspecified atom stereocenters. The molecule has 1 aliphatic heterocycles. The Balaban J connectivity index is 1.80. The van der Waals surface area contributed by atoms with E-state index in [4.69, 9.17) is 0 Å². The van der Waals surface area contributed by atoms with Gasteiger partial charge in [0.05, 0.1) is 0 Å². The molecule has 2 fully saturated rings. The molecule has 1 aliphatic carbocycles. The highest BCUT2D eigenvalue weighted by atomic mass is 15.2. The monoisotopic (exact) mass is 179 g/mol. The molecule has 1 heteroatoms. The molecule has 13 heavy (non-hydrogen) atoms. The Bertz CT molecular complexity index is 201. The largest absolute Gasteiger partial charge is 0.297 e. The van der Waals surface area contributed by atoms with Crippen LogP contribution in [-0.4, -0.2) is 24.0 Å². The molecule has 0 aromatic carbocycles. The molecule has 0 N–H and O–H groups in total.